The molecule has 2 aromatic carbocycles. The lowest BCUT2D eigenvalue weighted by molar-refractivity contribution is -0.384. The molecule has 1 amide bonds. The first-order chi connectivity index (χ1) is 12.8. The molecule has 2 N–H and O–H groups in total. The van der Waals surface area contributed by atoms with Crippen molar-refractivity contribution in [1.29, 1.82) is 0 Å². The number of carbonyl (C=O) groups excluding carboxylic acids is 2. The van der Waals surface area contributed by atoms with E-state index >= 15 is 0 Å². The van der Waals surface area contributed by atoms with Gasteiger partial charge >= 0.3 is 5.97 Å². The van der Waals surface area contributed by atoms with E-state index in [0.29, 0.717) is 16.8 Å². The number of carbonyl (C=O) groups is 2. The van der Waals surface area contributed by atoms with E-state index in [9.17, 15) is 24.1 Å². The lowest BCUT2D eigenvalue weighted by atomic mass is 10.1. The summed E-state index contributed by atoms with van der Waals surface area (Å²) in [4.78, 5) is 34.2. The van der Waals surface area contributed by atoms with Gasteiger partial charge in [-0.05, 0) is 30.2 Å². The maximum absolute atomic E-state index is 13.5. The number of anilines is 1. The number of nitrogens with zero attached hydrogens (tertiary/aromatic N) is 1. The van der Waals surface area contributed by atoms with Gasteiger partial charge in [-0.2, -0.15) is 0 Å². The fraction of sp³-hybridized carbons (Fsp3) is 0.222. The van der Waals surface area contributed by atoms with Crippen molar-refractivity contribution in [3.05, 3.63) is 69.0 Å². The Bertz CT molecular complexity index is 885. The van der Waals surface area contributed by atoms with Gasteiger partial charge in [-0.25, -0.2) is 9.18 Å². The molecule has 0 aromatic heterocycles. The third kappa shape index (κ3) is 5.24. The van der Waals surface area contributed by atoms with Gasteiger partial charge in [-0.1, -0.05) is 12.1 Å². The highest BCUT2D eigenvalue weighted by molar-refractivity contribution is 5.97. The summed E-state index contributed by atoms with van der Waals surface area (Å²) < 4.78 is 18.4. The number of nitro groups is 1. The van der Waals surface area contributed by atoms with Crippen molar-refractivity contribution < 1.29 is 23.6 Å². The monoisotopic (exact) mass is 375 g/mol. The van der Waals surface area contributed by atoms with Crippen molar-refractivity contribution in [2.45, 2.75) is 13.5 Å². The molecule has 9 heteroatoms. The first-order valence-corrected chi connectivity index (χ1v) is 7.97. The lowest BCUT2D eigenvalue weighted by Crippen LogP contribution is -2.28. The second-order valence-electron chi connectivity index (χ2n) is 5.67. The third-order valence-corrected chi connectivity index (χ3v) is 3.76. The molecular formula is C18H18FN3O5. The number of nitro benzene ring substituents is 1. The van der Waals surface area contributed by atoms with Crippen LogP contribution in [0.3, 0.4) is 0 Å². The van der Waals surface area contributed by atoms with Gasteiger partial charge in [0.05, 0.1) is 10.5 Å². The van der Waals surface area contributed by atoms with Crippen LogP contribution in [0, 0.1) is 22.9 Å². The largest absolute Gasteiger partial charge is 0.452 e. The van der Waals surface area contributed by atoms with Gasteiger partial charge in [0.15, 0.2) is 6.61 Å². The third-order valence-electron chi connectivity index (χ3n) is 3.76. The van der Waals surface area contributed by atoms with Gasteiger partial charge in [0, 0.05) is 31.4 Å². The maximum atomic E-state index is 13.5. The second kappa shape index (κ2) is 8.75. The number of rotatable bonds is 7. The van der Waals surface area contributed by atoms with Crippen LogP contribution in [0.1, 0.15) is 21.5 Å². The normalized spacial score (nSPS) is 10.2. The summed E-state index contributed by atoms with van der Waals surface area (Å²) in [5.41, 5.74) is 1.07. The van der Waals surface area contributed by atoms with Gasteiger partial charge < -0.3 is 15.4 Å². The van der Waals surface area contributed by atoms with Crippen LogP contribution in [-0.4, -0.2) is 30.5 Å². The molecule has 2 rings (SSSR count). The molecule has 0 bridgehead atoms. The fourth-order valence-electron chi connectivity index (χ4n) is 2.24. The smallest absolute Gasteiger partial charge is 0.341 e. The molecule has 0 radical (unpaired) electrons. The van der Waals surface area contributed by atoms with Gasteiger partial charge in [-0.15, -0.1) is 0 Å². The maximum Gasteiger partial charge on any atom is 0.341 e. The van der Waals surface area contributed by atoms with Crippen LogP contribution >= 0.6 is 0 Å². The van der Waals surface area contributed by atoms with E-state index in [2.05, 4.69) is 10.6 Å². The zero-order valence-corrected chi connectivity index (χ0v) is 14.7. The Hall–Kier alpha value is -3.49. The Labute approximate surface area is 154 Å². The summed E-state index contributed by atoms with van der Waals surface area (Å²) in [6.45, 7) is 1.13. The summed E-state index contributed by atoms with van der Waals surface area (Å²) in [6, 6.07) is 8.27. The van der Waals surface area contributed by atoms with Crippen molar-refractivity contribution in [3.63, 3.8) is 0 Å². The molecule has 0 atom stereocenters. The highest BCUT2D eigenvalue weighted by Crippen LogP contribution is 2.22. The number of benzene rings is 2. The lowest BCUT2D eigenvalue weighted by Gasteiger charge is -2.10. The van der Waals surface area contributed by atoms with E-state index in [1.807, 2.05) is 0 Å². The number of esters is 1. The van der Waals surface area contributed by atoms with Crippen LogP contribution in [0.15, 0.2) is 36.4 Å². The quantitative estimate of drug-likeness (QED) is 0.437. The van der Waals surface area contributed by atoms with Crippen molar-refractivity contribution in [1.82, 2.24) is 5.32 Å². The van der Waals surface area contributed by atoms with Crippen LogP contribution < -0.4 is 10.6 Å². The summed E-state index contributed by atoms with van der Waals surface area (Å²) in [7, 11) is 1.55. The first kappa shape index (κ1) is 19.8. The van der Waals surface area contributed by atoms with E-state index in [0.717, 1.165) is 6.07 Å². The molecule has 0 aliphatic carbocycles. The van der Waals surface area contributed by atoms with E-state index in [4.69, 9.17) is 4.74 Å². The summed E-state index contributed by atoms with van der Waals surface area (Å²) in [5.74, 6) is -1.83. The van der Waals surface area contributed by atoms with Gasteiger partial charge in [0.2, 0.25) is 0 Å². The molecule has 27 heavy (non-hydrogen) atoms. The summed E-state index contributed by atoms with van der Waals surface area (Å²) >= 11 is 0. The number of hydrogen-bond acceptors (Lipinski definition) is 6. The predicted molar refractivity (Wildman–Crippen MR) is 95.9 cm³/mol. The number of amides is 1. The molecule has 142 valence electrons. The Morgan fingerprint density at radius 2 is 1.96 bits per heavy atom. The molecule has 0 heterocycles. The van der Waals surface area contributed by atoms with Crippen molar-refractivity contribution in [2.24, 2.45) is 0 Å². The van der Waals surface area contributed by atoms with E-state index in [1.165, 1.54) is 18.2 Å². The Morgan fingerprint density at radius 3 is 2.59 bits per heavy atom. The van der Waals surface area contributed by atoms with Gasteiger partial charge in [-0.3, -0.25) is 14.9 Å². The number of aryl methyl sites for hydroxylation is 1. The van der Waals surface area contributed by atoms with E-state index in [1.54, 1.807) is 26.1 Å². The Balaban J connectivity index is 1.94. The van der Waals surface area contributed by atoms with Crippen LogP contribution in [0.4, 0.5) is 15.8 Å². The Morgan fingerprint density at radius 1 is 1.22 bits per heavy atom. The minimum atomic E-state index is -0.875. The van der Waals surface area contributed by atoms with Crippen LogP contribution in [0.25, 0.3) is 0 Å². The molecule has 0 saturated heterocycles. The minimum absolute atomic E-state index is 0.0555. The molecule has 0 saturated carbocycles. The number of halogens is 1. The molecule has 0 fully saturated rings. The summed E-state index contributed by atoms with van der Waals surface area (Å²) in [5, 5.41) is 16.1. The topological polar surface area (TPSA) is 111 Å². The zero-order valence-electron chi connectivity index (χ0n) is 14.7. The van der Waals surface area contributed by atoms with E-state index in [-0.39, 0.29) is 23.6 Å². The highest BCUT2D eigenvalue weighted by Gasteiger charge is 2.18. The number of nitrogens with one attached hydrogen (secondary N) is 2. The van der Waals surface area contributed by atoms with Crippen LogP contribution in [-0.2, 0) is 16.1 Å². The zero-order chi connectivity index (χ0) is 20.0. The predicted octanol–water partition coefficient (Wildman–Crippen LogP) is 2.56. The molecule has 0 aliphatic rings. The molecule has 2 aromatic rings. The number of non-ortho nitro benzene ring substituents is 1. The first-order valence-electron chi connectivity index (χ1n) is 7.97. The van der Waals surface area contributed by atoms with Gasteiger partial charge in [0.1, 0.15) is 5.82 Å². The number of hydrogen-bond donors (Lipinski definition) is 2. The van der Waals surface area contributed by atoms with Crippen molar-refractivity contribution in [2.75, 3.05) is 19.0 Å². The van der Waals surface area contributed by atoms with Crippen LogP contribution in [0.5, 0.6) is 0 Å². The second-order valence-corrected chi connectivity index (χ2v) is 5.67. The molecule has 0 aliphatic heterocycles. The molecule has 8 nitrogen and oxygen atoms in total. The van der Waals surface area contributed by atoms with E-state index < -0.39 is 23.4 Å². The average Bonchev–Trinajstić information content (AvgIpc) is 2.66. The standard InChI is InChI=1S/C18H18FN3O5/c1-11-3-4-12(7-15(11)19)9-21-17(23)10-27-18(24)14-8-13(22(25)26)5-6-16(14)20-2/h3-8,20H,9-10H2,1-2H3,(H,21,23). The Kier molecular flexibility index (Phi) is 6.42. The SMILES string of the molecule is CNc1ccc([N+](=O)[O-])cc1C(=O)OCC(=O)NCc1ccc(C)c(F)c1. The highest BCUT2D eigenvalue weighted by atomic mass is 19.1. The molecular weight excluding hydrogens is 357 g/mol. The minimum Gasteiger partial charge on any atom is -0.452 e. The van der Waals surface area contributed by atoms with Crippen molar-refractivity contribution in [3.8, 4) is 0 Å². The van der Waals surface area contributed by atoms with Crippen molar-refractivity contribution >= 4 is 23.3 Å². The summed E-state index contributed by atoms with van der Waals surface area (Å²) in [6.07, 6.45) is 0. The van der Waals surface area contributed by atoms with Crippen LogP contribution in [0.2, 0.25) is 0 Å². The van der Waals surface area contributed by atoms with Gasteiger partial charge in [0.25, 0.3) is 11.6 Å². The average molecular weight is 375 g/mol. The molecule has 0 unspecified atom stereocenters. The number of ether oxygens (including phenoxy) is 1. The fourth-order valence-corrected chi connectivity index (χ4v) is 2.24. The molecule has 0 spiro atoms.